The highest BCUT2D eigenvalue weighted by Crippen LogP contribution is 2.43. The number of nitrogens with one attached hydrogen (secondary N) is 1. The summed E-state index contributed by atoms with van der Waals surface area (Å²) in [7, 11) is 1.58. The van der Waals surface area contributed by atoms with E-state index in [1.54, 1.807) is 6.08 Å². The van der Waals surface area contributed by atoms with Crippen LogP contribution in [0, 0.1) is 0 Å². The number of phosphoric acid groups is 1. The van der Waals surface area contributed by atoms with E-state index in [2.05, 4.69) is 31.3 Å². The lowest BCUT2D eigenvalue weighted by atomic mass is 10.0. The summed E-state index contributed by atoms with van der Waals surface area (Å²) in [6, 6.07) is -0.847. The van der Waals surface area contributed by atoms with Gasteiger partial charge in [-0.2, -0.15) is 0 Å². The van der Waals surface area contributed by atoms with E-state index in [0.29, 0.717) is 17.4 Å². The summed E-state index contributed by atoms with van der Waals surface area (Å²) in [5, 5.41) is 13.9. The van der Waals surface area contributed by atoms with Crippen LogP contribution in [0.4, 0.5) is 0 Å². The molecule has 9 heteroatoms. The molecule has 0 bridgehead atoms. The number of nitrogens with zero attached hydrogens (tertiary/aromatic N) is 1. The summed E-state index contributed by atoms with van der Waals surface area (Å²) in [6.45, 7) is 4.85. The van der Waals surface area contributed by atoms with Crippen LogP contribution in [0.25, 0.3) is 0 Å². The molecule has 0 rings (SSSR count). The molecular formula is C54H108N2O6P+. The number of quaternary nitrogens is 1. The Kier molecular flexibility index (Phi) is 45.4. The Morgan fingerprint density at radius 2 is 0.857 bits per heavy atom. The van der Waals surface area contributed by atoms with Crippen molar-refractivity contribution in [1.29, 1.82) is 0 Å². The van der Waals surface area contributed by atoms with E-state index in [-0.39, 0.29) is 19.1 Å². The Labute approximate surface area is 392 Å². The zero-order valence-corrected chi connectivity index (χ0v) is 43.5. The number of rotatable bonds is 50. The van der Waals surface area contributed by atoms with Crippen molar-refractivity contribution in [3.8, 4) is 0 Å². The number of allylic oxidation sites excluding steroid dienone is 3. The SMILES string of the molecule is CCCCCCCCCCCCC/C=C\CCCCCCCCCC(=O)NC(COP(=O)(O)OCC[N+](C)(C)C)C(O)/C=C/CCCCCCCCCCCCCCCCCCC. The maximum absolute atomic E-state index is 13.0. The van der Waals surface area contributed by atoms with Crippen molar-refractivity contribution < 1.29 is 32.9 Å². The highest BCUT2D eigenvalue weighted by Gasteiger charge is 2.27. The van der Waals surface area contributed by atoms with Gasteiger partial charge in [0.25, 0.3) is 0 Å². The lowest BCUT2D eigenvalue weighted by molar-refractivity contribution is -0.870. The predicted octanol–water partition coefficient (Wildman–Crippen LogP) is 16.0. The summed E-state index contributed by atoms with van der Waals surface area (Å²) < 4.78 is 23.7. The lowest BCUT2D eigenvalue weighted by Crippen LogP contribution is -2.45. The molecule has 0 aromatic heterocycles. The molecule has 3 N–H and O–H groups in total. The van der Waals surface area contributed by atoms with Crippen LogP contribution in [0.15, 0.2) is 24.3 Å². The Bertz CT molecular complexity index is 1080. The van der Waals surface area contributed by atoms with Crippen LogP contribution < -0.4 is 5.32 Å². The van der Waals surface area contributed by atoms with Crippen molar-refractivity contribution in [2.75, 3.05) is 40.9 Å². The molecular weight excluding hydrogens is 804 g/mol. The number of carbonyl (C=O) groups is 1. The van der Waals surface area contributed by atoms with Crippen molar-refractivity contribution in [3.05, 3.63) is 24.3 Å². The zero-order chi connectivity index (χ0) is 46.4. The van der Waals surface area contributed by atoms with Gasteiger partial charge in [-0.25, -0.2) is 4.57 Å². The average molecular weight is 912 g/mol. The van der Waals surface area contributed by atoms with Crippen LogP contribution >= 0.6 is 7.82 Å². The summed E-state index contributed by atoms with van der Waals surface area (Å²) in [4.78, 5) is 23.3. The van der Waals surface area contributed by atoms with E-state index in [4.69, 9.17) is 9.05 Å². The Balaban J connectivity index is 4.26. The molecule has 8 nitrogen and oxygen atoms in total. The number of hydrogen-bond acceptors (Lipinski definition) is 5. The molecule has 0 fully saturated rings. The van der Waals surface area contributed by atoms with Gasteiger partial charge in [0.05, 0.1) is 39.9 Å². The van der Waals surface area contributed by atoms with Gasteiger partial charge in [-0.3, -0.25) is 13.8 Å². The fourth-order valence-electron chi connectivity index (χ4n) is 8.10. The van der Waals surface area contributed by atoms with Crippen molar-refractivity contribution in [2.45, 2.75) is 276 Å². The molecule has 374 valence electrons. The fourth-order valence-corrected chi connectivity index (χ4v) is 8.83. The summed E-state index contributed by atoms with van der Waals surface area (Å²) in [5.41, 5.74) is 0. The first-order valence-corrected chi connectivity index (χ1v) is 28.7. The van der Waals surface area contributed by atoms with Crippen molar-refractivity contribution in [2.24, 2.45) is 0 Å². The number of amides is 1. The molecule has 3 unspecified atom stereocenters. The van der Waals surface area contributed by atoms with Crippen LogP contribution in [0.2, 0.25) is 0 Å². The molecule has 0 aliphatic carbocycles. The van der Waals surface area contributed by atoms with Gasteiger partial charge in [0, 0.05) is 6.42 Å². The number of unbranched alkanes of at least 4 members (excludes halogenated alkanes) is 35. The van der Waals surface area contributed by atoms with E-state index in [0.717, 1.165) is 38.5 Å². The molecule has 0 aliphatic rings. The third kappa shape index (κ3) is 48.7. The predicted molar refractivity (Wildman–Crippen MR) is 272 cm³/mol. The molecule has 1 amide bonds. The van der Waals surface area contributed by atoms with Crippen LogP contribution in [0.1, 0.15) is 264 Å². The smallest absolute Gasteiger partial charge is 0.387 e. The van der Waals surface area contributed by atoms with Gasteiger partial charge in [0.1, 0.15) is 13.2 Å². The maximum atomic E-state index is 13.0. The number of carbonyl (C=O) groups excluding carboxylic acids is 1. The second kappa shape index (κ2) is 46.1. The minimum Gasteiger partial charge on any atom is -0.387 e. The monoisotopic (exact) mass is 912 g/mol. The van der Waals surface area contributed by atoms with E-state index in [1.807, 2.05) is 27.2 Å². The van der Waals surface area contributed by atoms with Gasteiger partial charge in [-0.05, 0) is 44.9 Å². The first kappa shape index (κ1) is 62.0. The van der Waals surface area contributed by atoms with E-state index in [9.17, 15) is 19.4 Å². The second-order valence-electron chi connectivity index (χ2n) is 20.0. The quantitative estimate of drug-likeness (QED) is 0.0243. The summed E-state index contributed by atoms with van der Waals surface area (Å²) in [6.07, 6.45) is 56.9. The Hall–Kier alpha value is -1.02. The molecule has 0 radical (unpaired) electrons. The van der Waals surface area contributed by atoms with Crippen LogP contribution in [-0.2, 0) is 18.4 Å². The standard InChI is InChI=1S/C54H107N2O6P/c1-6-8-10-12-14-16-18-20-22-24-26-27-28-30-32-34-36-38-40-42-44-46-48-54(58)55-52(51-62-63(59,60)61-50-49-56(3,4)5)53(57)47-45-43-41-39-37-35-33-31-29-25-23-21-19-17-15-13-11-9-7-2/h28,30,45,47,52-53,57H,6-27,29,31-44,46,48-51H2,1-5H3,(H-,55,58,59,60)/p+1/b30-28-,47-45+. The molecule has 0 aromatic rings. The number of phosphoric ester groups is 1. The Morgan fingerprint density at radius 1 is 0.524 bits per heavy atom. The van der Waals surface area contributed by atoms with Crippen LogP contribution in [0.5, 0.6) is 0 Å². The first-order chi connectivity index (χ1) is 30.5. The van der Waals surface area contributed by atoms with Gasteiger partial charge < -0.3 is 19.8 Å². The highest BCUT2D eigenvalue weighted by atomic mass is 31.2. The van der Waals surface area contributed by atoms with Gasteiger partial charge in [0.15, 0.2) is 0 Å². The molecule has 63 heavy (non-hydrogen) atoms. The minimum atomic E-state index is -4.34. The van der Waals surface area contributed by atoms with Crippen LogP contribution in [0.3, 0.4) is 0 Å². The summed E-state index contributed by atoms with van der Waals surface area (Å²) >= 11 is 0. The van der Waals surface area contributed by atoms with E-state index < -0.39 is 20.0 Å². The average Bonchev–Trinajstić information content (AvgIpc) is 3.24. The third-order valence-electron chi connectivity index (χ3n) is 12.4. The maximum Gasteiger partial charge on any atom is 0.472 e. The van der Waals surface area contributed by atoms with Gasteiger partial charge >= 0.3 is 7.82 Å². The van der Waals surface area contributed by atoms with Crippen molar-refractivity contribution in [1.82, 2.24) is 5.32 Å². The molecule has 3 atom stereocenters. The largest absolute Gasteiger partial charge is 0.472 e. The molecule has 0 saturated heterocycles. The third-order valence-corrected chi connectivity index (χ3v) is 13.4. The zero-order valence-electron chi connectivity index (χ0n) is 42.6. The molecule has 0 aliphatic heterocycles. The topological polar surface area (TPSA) is 105 Å². The van der Waals surface area contributed by atoms with Crippen molar-refractivity contribution >= 4 is 13.7 Å². The molecule has 0 saturated carbocycles. The highest BCUT2D eigenvalue weighted by molar-refractivity contribution is 7.47. The molecule has 0 aromatic carbocycles. The van der Waals surface area contributed by atoms with Gasteiger partial charge in [-0.15, -0.1) is 0 Å². The lowest BCUT2D eigenvalue weighted by Gasteiger charge is -2.25. The number of aliphatic hydroxyl groups excluding tert-OH is 1. The van der Waals surface area contributed by atoms with Gasteiger partial charge in [-0.1, -0.05) is 237 Å². The normalized spacial score (nSPS) is 14.2. The first-order valence-electron chi connectivity index (χ1n) is 27.2. The second-order valence-corrected chi connectivity index (χ2v) is 21.4. The molecule has 0 spiro atoms. The number of hydrogen-bond donors (Lipinski definition) is 3. The summed E-state index contributed by atoms with van der Waals surface area (Å²) in [5.74, 6) is -0.178. The Morgan fingerprint density at radius 3 is 1.22 bits per heavy atom. The number of aliphatic hydroxyl groups is 1. The fraction of sp³-hybridized carbons (Fsp3) is 0.907. The van der Waals surface area contributed by atoms with Crippen molar-refractivity contribution in [3.63, 3.8) is 0 Å². The van der Waals surface area contributed by atoms with E-state index in [1.165, 1.54) is 205 Å². The number of likely N-dealkylation sites (N-methyl/N-ethyl adjacent to an activating group) is 1. The van der Waals surface area contributed by atoms with Gasteiger partial charge in [0.2, 0.25) is 5.91 Å². The van der Waals surface area contributed by atoms with Crippen LogP contribution in [-0.4, -0.2) is 73.4 Å². The minimum absolute atomic E-state index is 0.0622. The van der Waals surface area contributed by atoms with E-state index >= 15 is 0 Å². The molecule has 0 heterocycles.